The first-order valence-electron chi connectivity index (χ1n) is 2.96. The Morgan fingerprint density at radius 1 is 1.45 bits per heavy atom. The zero-order chi connectivity index (χ0) is 9.02. The van der Waals surface area contributed by atoms with E-state index in [0.717, 1.165) is 0 Å². The Hall–Kier alpha value is -0.830. The molecule has 1 atom stereocenters. The third-order valence-corrected chi connectivity index (χ3v) is 1.27. The van der Waals surface area contributed by atoms with Crippen molar-refractivity contribution in [3.05, 3.63) is 12.2 Å². The van der Waals surface area contributed by atoms with E-state index in [2.05, 4.69) is 11.3 Å². The molecular weight excluding hydrogens is 168 g/mol. The number of ketones is 1. The van der Waals surface area contributed by atoms with Crippen LogP contribution in [0.3, 0.4) is 0 Å². The molecule has 0 amide bonds. The molecular formula is C7H9ClO3. The van der Waals surface area contributed by atoms with Crippen LogP contribution in [0.15, 0.2) is 12.2 Å². The van der Waals surface area contributed by atoms with E-state index in [1.807, 2.05) is 0 Å². The molecule has 0 aromatic heterocycles. The molecule has 0 fully saturated rings. The van der Waals surface area contributed by atoms with Crippen molar-refractivity contribution >= 4 is 23.4 Å². The topological polar surface area (TPSA) is 43.4 Å². The number of carbonyl (C=O) groups excluding carboxylic acids is 2. The fourth-order valence-electron chi connectivity index (χ4n) is 0.278. The van der Waals surface area contributed by atoms with Crippen molar-refractivity contribution in [3.8, 4) is 0 Å². The molecule has 3 nitrogen and oxygen atoms in total. The molecule has 0 bridgehead atoms. The maximum Gasteiger partial charge on any atom is 0.334 e. The van der Waals surface area contributed by atoms with Crippen LogP contribution >= 0.6 is 11.6 Å². The summed E-state index contributed by atoms with van der Waals surface area (Å²) in [4.78, 5) is 21.2. The first-order valence-corrected chi connectivity index (χ1v) is 3.39. The predicted octanol–water partition coefficient (Wildman–Crippen LogP) is 1.26. The summed E-state index contributed by atoms with van der Waals surface area (Å²) >= 11 is 5.32. The second-order valence-corrected chi connectivity index (χ2v) is 2.51. The molecule has 62 valence electrons. The van der Waals surface area contributed by atoms with Gasteiger partial charge in [0.2, 0.25) is 5.56 Å². The highest BCUT2D eigenvalue weighted by atomic mass is 35.5. The minimum Gasteiger partial charge on any atom is -0.435 e. The van der Waals surface area contributed by atoms with Gasteiger partial charge in [0.05, 0.1) is 0 Å². The van der Waals surface area contributed by atoms with Crippen LogP contribution in [0, 0.1) is 0 Å². The molecule has 0 spiro atoms. The molecule has 4 heteroatoms. The first-order chi connectivity index (χ1) is 4.95. The quantitative estimate of drug-likeness (QED) is 0.369. The Bertz CT molecular complexity index is 198. The van der Waals surface area contributed by atoms with E-state index in [4.69, 9.17) is 11.6 Å². The highest BCUT2D eigenvalue weighted by Gasteiger charge is 2.15. The number of esters is 1. The zero-order valence-electron chi connectivity index (χ0n) is 6.39. The summed E-state index contributed by atoms with van der Waals surface area (Å²) in [6.45, 7) is 6.04. The molecule has 0 aliphatic carbocycles. The maximum atomic E-state index is 10.7. The van der Waals surface area contributed by atoms with Crippen molar-refractivity contribution in [1.82, 2.24) is 0 Å². The minimum atomic E-state index is -1.20. The molecule has 0 aliphatic rings. The Kier molecular flexibility index (Phi) is 3.82. The lowest BCUT2D eigenvalue weighted by Crippen LogP contribution is -2.19. The SMILES string of the molecule is C=C(C)C(=O)OC(Cl)C(C)=O. The Morgan fingerprint density at radius 2 is 1.91 bits per heavy atom. The normalized spacial score (nSPS) is 11.9. The van der Waals surface area contributed by atoms with Gasteiger partial charge in [-0.1, -0.05) is 18.2 Å². The predicted molar refractivity (Wildman–Crippen MR) is 41.2 cm³/mol. The van der Waals surface area contributed by atoms with Gasteiger partial charge in [-0.05, 0) is 13.8 Å². The van der Waals surface area contributed by atoms with Crippen molar-refractivity contribution in [3.63, 3.8) is 0 Å². The average Bonchev–Trinajstić information content (AvgIpc) is 1.87. The van der Waals surface area contributed by atoms with Gasteiger partial charge in [-0.15, -0.1) is 0 Å². The van der Waals surface area contributed by atoms with Gasteiger partial charge in [0.1, 0.15) is 0 Å². The van der Waals surface area contributed by atoms with Gasteiger partial charge in [0.25, 0.3) is 0 Å². The van der Waals surface area contributed by atoms with Gasteiger partial charge < -0.3 is 4.74 Å². The fraction of sp³-hybridized carbons (Fsp3) is 0.429. The molecule has 0 N–H and O–H groups in total. The second kappa shape index (κ2) is 4.13. The molecule has 0 saturated carbocycles. The lowest BCUT2D eigenvalue weighted by Gasteiger charge is -2.06. The van der Waals surface area contributed by atoms with E-state index in [0.29, 0.717) is 0 Å². The van der Waals surface area contributed by atoms with Crippen molar-refractivity contribution in [2.24, 2.45) is 0 Å². The number of rotatable bonds is 3. The Labute approximate surface area is 70.0 Å². The van der Waals surface area contributed by atoms with Crippen LogP contribution in [0.5, 0.6) is 0 Å². The molecule has 0 rings (SSSR count). The van der Waals surface area contributed by atoms with Gasteiger partial charge in [0.15, 0.2) is 5.78 Å². The van der Waals surface area contributed by atoms with Gasteiger partial charge in [-0.25, -0.2) is 4.79 Å². The molecule has 0 aliphatic heterocycles. The summed E-state index contributed by atoms with van der Waals surface area (Å²) in [6, 6.07) is 0. The smallest absolute Gasteiger partial charge is 0.334 e. The van der Waals surface area contributed by atoms with Crippen LogP contribution in [0.1, 0.15) is 13.8 Å². The third-order valence-electron chi connectivity index (χ3n) is 0.879. The number of hydrogen-bond acceptors (Lipinski definition) is 3. The van der Waals surface area contributed by atoms with Crippen LogP contribution in [0.4, 0.5) is 0 Å². The molecule has 0 radical (unpaired) electrons. The Morgan fingerprint density at radius 3 is 2.18 bits per heavy atom. The number of hydrogen-bond donors (Lipinski definition) is 0. The summed E-state index contributed by atoms with van der Waals surface area (Å²) in [5.74, 6) is -1.05. The number of halogens is 1. The van der Waals surface area contributed by atoms with Crippen molar-refractivity contribution < 1.29 is 14.3 Å². The van der Waals surface area contributed by atoms with Gasteiger partial charge >= 0.3 is 5.97 Å². The summed E-state index contributed by atoms with van der Waals surface area (Å²) < 4.78 is 4.45. The van der Waals surface area contributed by atoms with Crippen LogP contribution in [0.2, 0.25) is 0 Å². The van der Waals surface area contributed by atoms with E-state index in [1.54, 1.807) is 0 Å². The third kappa shape index (κ3) is 3.78. The second-order valence-electron chi connectivity index (χ2n) is 2.11. The molecule has 1 unspecified atom stereocenters. The van der Waals surface area contributed by atoms with Crippen molar-refractivity contribution in [2.45, 2.75) is 19.4 Å². The standard InChI is InChI=1S/C7H9ClO3/c1-4(2)7(10)11-6(8)5(3)9/h6H,1H2,2-3H3. The average molecular weight is 177 g/mol. The van der Waals surface area contributed by atoms with Crippen LogP contribution in [-0.4, -0.2) is 17.3 Å². The molecule has 0 aromatic rings. The molecule has 0 aromatic carbocycles. The van der Waals surface area contributed by atoms with Crippen molar-refractivity contribution in [1.29, 1.82) is 0 Å². The number of alkyl halides is 1. The highest BCUT2D eigenvalue weighted by Crippen LogP contribution is 2.03. The van der Waals surface area contributed by atoms with E-state index in [9.17, 15) is 9.59 Å². The summed E-state index contributed by atoms with van der Waals surface area (Å²) in [5, 5.41) is 0. The van der Waals surface area contributed by atoms with Gasteiger partial charge in [-0.3, -0.25) is 4.79 Å². The lowest BCUT2D eigenvalue weighted by molar-refractivity contribution is -0.145. The molecule has 0 saturated heterocycles. The van der Waals surface area contributed by atoms with Crippen LogP contribution in [0.25, 0.3) is 0 Å². The van der Waals surface area contributed by atoms with Crippen LogP contribution < -0.4 is 0 Å². The van der Waals surface area contributed by atoms with E-state index in [-0.39, 0.29) is 5.57 Å². The number of ether oxygens (including phenoxy) is 1. The summed E-state index contributed by atoms with van der Waals surface area (Å²) in [5.41, 5.74) is -0.976. The van der Waals surface area contributed by atoms with E-state index >= 15 is 0 Å². The molecule has 11 heavy (non-hydrogen) atoms. The zero-order valence-corrected chi connectivity index (χ0v) is 7.14. The molecule has 0 heterocycles. The van der Waals surface area contributed by atoms with Crippen LogP contribution in [-0.2, 0) is 14.3 Å². The van der Waals surface area contributed by atoms with Gasteiger partial charge in [0, 0.05) is 5.57 Å². The maximum absolute atomic E-state index is 10.7. The fourth-order valence-corrected chi connectivity index (χ4v) is 0.358. The number of carbonyl (C=O) groups is 2. The lowest BCUT2D eigenvalue weighted by atomic mass is 10.4. The van der Waals surface area contributed by atoms with Gasteiger partial charge in [-0.2, -0.15) is 0 Å². The van der Waals surface area contributed by atoms with Crippen molar-refractivity contribution in [2.75, 3.05) is 0 Å². The largest absolute Gasteiger partial charge is 0.435 e. The highest BCUT2D eigenvalue weighted by molar-refractivity contribution is 6.30. The number of Topliss-reactive ketones (excluding diaryl/α,β-unsaturated/α-hetero) is 1. The summed E-state index contributed by atoms with van der Waals surface area (Å²) in [6.07, 6.45) is 0. The minimum absolute atomic E-state index is 0.219. The first kappa shape index (κ1) is 10.2. The van der Waals surface area contributed by atoms with E-state index < -0.39 is 17.3 Å². The summed E-state index contributed by atoms with van der Waals surface area (Å²) in [7, 11) is 0. The Balaban J connectivity index is 3.95. The van der Waals surface area contributed by atoms with E-state index in [1.165, 1.54) is 13.8 Å². The monoisotopic (exact) mass is 176 g/mol.